The van der Waals surface area contributed by atoms with Gasteiger partial charge in [0.2, 0.25) is 0 Å². The molecule has 154 valence electrons. The second kappa shape index (κ2) is 9.35. The molecular weight excluding hydrogens is 447 g/mol. The molecule has 1 N–H and O–H groups in total. The smallest absolute Gasteiger partial charge is 0.463 e. The fraction of sp³-hybridized carbons (Fsp3) is 0.714. The highest BCUT2D eigenvalue weighted by Gasteiger charge is 2.52. The number of rotatable bonds is 5. The van der Waals surface area contributed by atoms with E-state index < -0.39 is 66.0 Å². The number of hydrogen-bond acceptors (Lipinski definition) is 8. The van der Waals surface area contributed by atoms with Gasteiger partial charge in [-0.25, -0.2) is 0 Å². The van der Waals surface area contributed by atoms with Crippen LogP contribution in [0.2, 0.25) is 0 Å². The van der Waals surface area contributed by atoms with Crippen LogP contribution in [-0.2, 0) is 38.1 Å². The van der Waals surface area contributed by atoms with Gasteiger partial charge in [0, 0.05) is 20.8 Å². The second-order valence-electron chi connectivity index (χ2n) is 5.47. The summed E-state index contributed by atoms with van der Waals surface area (Å²) in [6, 6.07) is -1.55. The van der Waals surface area contributed by atoms with Crippen molar-refractivity contribution in [2.75, 3.05) is 6.61 Å². The Morgan fingerprint density at radius 3 is 1.96 bits per heavy atom. The zero-order valence-electron chi connectivity index (χ0n) is 14.4. The largest absolute Gasteiger partial charge is 0.471 e. The quantitative estimate of drug-likeness (QED) is 0.357. The zero-order chi connectivity index (χ0) is 20.9. The van der Waals surface area contributed by atoms with Crippen LogP contribution < -0.4 is 5.32 Å². The van der Waals surface area contributed by atoms with Gasteiger partial charge >= 0.3 is 30.0 Å². The Kier molecular flexibility index (Phi) is 8.02. The maximum atomic E-state index is 12.6. The SMILES string of the molecule is CC(=O)OC[C@H]1O[C@H](Br)[C@H](NC(=O)C(F)(F)F)[C@@H](OC(C)=O)[C@@H]1OC(C)=O. The average Bonchev–Trinajstić information content (AvgIpc) is 2.49. The summed E-state index contributed by atoms with van der Waals surface area (Å²) in [4.78, 5) is 45.1. The summed E-state index contributed by atoms with van der Waals surface area (Å²) in [7, 11) is 0. The monoisotopic (exact) mass is 463 g/mol. The molecule has 0 radical (unpaired) electrons. The van der Waals surface area contributed by atoms with Crippen molar-refractivity contribution in [1.29, 1.82) is 0 Å². The highest BCUT2D eigenvalue weighted by atomic mass is 79.9. The molecule has 0 saturated carbocycles. The van der Waals surface area contributed by atoms with Crippen LogP contribution >= 0.6 is 15.9 Å². The molecule has 0 bridgehead atoms. The van der Waals surface area contributed by atoms with E-state index in [2.05, 4.69) is 15.9 Å². The number of carbonyl (C=O) groups is 4. The highest BCUT2D eigenvalue weighted by molar-refractivity contribution is 9.09. The van der Waals surface area contributed by atoms with E-state index in [1.54, 1.807) is 5.32 Å². The molecule has 1 fully saturated rings. The van der Waals surface area contributed by atoms with E-state index in [4.69, 9.17) is 18.9 Å². The van der Waals surface area contributed by atoms with Gasteiger partial charge < -0.3 is 24.3 Å². The molecule has 1 aliphatic heterocycles. The number of nitrogens with one attached hydrogen (secondary N) is 1. The lowest BCUT2D eigenvalue weighted by Crippen LogP contribution is -2.65. The molecule has 9 nitrogen and oxygen atoms in total. The first-order chi connectivity index (χ1) is 12.3. The second-order valence-corrected chi connectivity index (χ2v) is 6.38. The molecule has 0 aromatic rings. The Hall–Kier alpha value is -1.89. The Balaban J connectivity index is 3.18. The number of esters is 3. The Labute approximate surface area is 159 Å². The molecule has 0 aliphatic carbocycles. The van der Waals surface area contributed by atoms with Crippen molar-refractivity contribution in [2.45, 2.75) is 56.3 Å². The Morgan fingerprint density at radius 1 is 1.00 bits per heavy atom. The van der Waals surface area contributed by atoms with Crippen molar-refractivity contribution in [2.24, 2.45) is 0 Å². The number of halogens is 4. The zero-order valence-corrected chi connectivity index (χ0v) is 16.0. The molecule has 1 heterocycles. The summed E-state index contributed by atoms with van der Waals surface area (Å²) < 4.78 is 57.9. The summed E-state index contributed by atoms with van der Waals surface area (Å²) in [5.41, 5.74) is 0. The van der Waals surface area contributed by atoms with Crippen molar-refractivity contribution in [3.63, 3.8) is 0 Å². The fourth-order valence-corrected chi connectivity index (χ4v) is 2.99. The van der Waals surface area contributed by atoms with E-state index in [0.29, 0.717) is 0 Å². The van der Waals surface area contributed by atoms with Crippen molar-refractivity contribution >= 4 is 39.7 Å². The van der Waals surface area contributed by atoms with Gasteiger partial charge in [-0.1, -0.05) is 15.9 Å². The third kappa shape index (κ3) is 6.97. The molecule has 5 atom stereocenters. The van der Waals surface area contributed by atoms with Crippen LogP contribution in [0.1, 0.15) is 20.8 Å². The molecule has 13 heteroatoms. The van der Waals surface area contributed by atoms with Crippen LogP contribution in [0.15, 0.2) is 0 Å². The maximum absolute atomic E-state index is 12.6. The lowest BCUT2D eigenvalue weighted by atomic mass is 9.97. The topological polar surface area (TPSA) is 117 Å². The van der Waals surface area contributed by atoms with Gasteiger partial charge in [-0.2, -0.15) is 13.2 Å². The van der Waals surface area contributed by atoms with Crippen molar-refractivity contribution in [3.05, 3.63) is 0 Å². The predicted molar refractivity (Wildman–Crippen MR) is 83.3 cm³/mol. The third-order valence-corrected chi connectivity index (χ3v) is 4.03. The number of amides is 1. The molecule has 1 saturated heterocycles. The van der Waals surface area contributed by atoms with Gasteiger partial charge in [0.1, 0.15) is 23.8 Å². The summed E-state index contributed by atoms with van der Waals surface area (Å²) in [6.07, 6.45) is -9.38. The van der Waals surface area contributed by atoms with Crippen molar-refractivity contribution < 1.29 is 51.3 Å². The molecule has 27 heavy (non-hydrogen) atoms. The highest BCUT2D eigenvalue weighted by Crippen LogP contribution is 2.30. The molecule has 0 aromatic carbocycles. The number of carbonyl (C=O) groups excluding carboxylic acids is 4. The van der Waals surface area contributed by atoms with Crippen LogP contribution in [0.3, 0.4) is 0 Å². The van der Waals surface area contributed by atoms with Crippen LogP contribution in [-0.4, -0.2) is 66.0 Å². The summed E-state index contributed by atoms with van der Waals surface area (Å²) in [5, 5.41) is 0.363. The van der Waals surface area contributed by atoms with E-state index in [0.717, 1.165) is 20.8 Å². The lowest BCUT2D eigenvalue weighted by Gasteiger charge is -2.43. The maximum Gasteiger partial charge on any atom is 0.471 e. The first-order valence-corrected chi connectivity index (χ1v) is 8.39. The first kappa shape index (κ1) is 23.1. The molecular formula is C14H17BrF3NO8. The van der Waals surface area contributed by atoms with E-state index in [1.165, 1.54) is 0 Å². The van der Waals surface area contributed by atoms with Gasteiger partial charge in [-0.3, -0.25) is 19.2 Å². The Morgan fingerprint density at radius 2 is 1.52 bits per heavy atom. The van der Waals surface area contributed by atoms with E-state index in [1.807, 2.05) is 0 Å². The minimum atomic E-state index is -5.21. The first-order valence-electron chi connectivity index (χ1n) is 7.48. The van der Waals surface area contributed by atoms with Crippen LogP contribution in [0.5, 0.6) is 0 Å². The standard InChI is InChI=1S/C14H17BrF3NO8/c1-5(20)24-4-8-10(25-6(2)21)11(26-7(3)22)9(12(15)27-8)19-13(23)14(16,17)18/h8-12H,4H2,1-3H3,(H,19,23)/t8-,9-,10-,11-,12+/m1/s1. The summed E-state index contributed by atoms with van der Waals surface area (Å²) in [5.74, 6) is -4.76. The van der Waals surface area contributed by atoms with Gasteiger partial charge in [-0.05, 0) is 0 Å². The Bertz CT molecular complexity index is 599. The number of hydrogen-bond donors (Lipinski definition) is 1. The van der Waals surface area contributed by atoms with E-state index >= 15 is 0 Å². The normalized spacial score (nSPS) is 28.0. The molecule has 1 amide bonds. The number of ether oxygens (including phenoxy) is 4. The lowest BCUT2D eigenvalue weighted by molar-refractivity contribution is -0.214. The van der Waals surface area contributed by atoms with Gasteiger partial charge in [0.05, 0.1) is 0 Å². The van der Waals surface area contributed by atoms with Crippen LogP contribution in [0, 0.1) is 0 Å². The van der Waals surface area contributed by atoms with Gasteiger partial charge in [0.25, 0.3) is 0 Å². The van der Waals surface area contributed by atoms with Gasteiger partial charge in [-0.15, -0.1) is 0 Å². The van der Waals surface area contributed by atoms with E-state index in [9.17, 15) is 32.3 Å². The summed E-state index contributed by atoms with van der Waals surface area (Å²) >= 11 is 2.94. The van der Waals surface area contributed by atoms with Crippen LogP contribution in [0.4, 0.5) is 13.2 Å². The fourth-order valence-electron chi connectivity index (χ4n) is 2.28. The van der Waals surface area contributed by atoms with Crippen molar-refractivity contribution in [1.82, 2.24) is 5.32 Å². The van der Waals surface area contributed by atoms with Crippen LogP contribution in [0.25, 0.3) is 0 Å². The third-order valence-electron chi connectivity index (χ3n) is 3.24. The molecule has 0 spiro atoms. The van der Waals surface area contributed by atoms with Crippen molar-refractivity contribution in [3.8, 4) is 0 Å². The average molecular weight is 464 g/mol. The molecule has 0 aromatic heterocycles. The number of alkyl halides is 4. The predicted octanol–water partition coefficient (Wildman–Crippen LogP) is 0.580. The molecule has 1 rings (SSSR count). The molecule has 1 aliphatic rings. The summed E-state index contributed by atoms with van der Waals surface area (Å²) in [6.45, 7) is 2.66. The molecule has 0 unspecified atom stereocenters. The van der Waals surface area contributed by atoms with E-state index in [-0.39, 0.29) is 0 Å². The minimum absolute atomic E-state index is 0.437. The minimum Gasteiger partial charge on any atom is -0.463 e. The van der Waals surface area contributed by atoms with Gasteiger partial charge in [0.15, 0.2) is 12.2 Å².